The molecule has 1 heterocycles. The van der Waals surface area contributed by atoms with Crippen molar-refractivity contribution in [3.05, 3.63) is 54.0 Å². The largest absolute Gasteiger partial charge is 0.397 e. The van der Waals surface area contributed by atoms with Crippen molar-refractivity contribution >= 4 is 16.6 Å². The topological polar surface area (TPSA) is 67.1 Å². The molecule has 2 rings (SSSR count). The third-order valence-corrected chi connectivity index (χ3v) is 2.57. The van der Waals surface area contributed by atoms with E-state index in [1.54, 1.807) is 19.1 Å². The molecule has 0 saturated heterocycles. The summed E-state index contributed by atoms with van der Waals surface area (Å²) in [5.74, 6) is -1.12. The molecule has 0 bridgehead atoms. The number of aromatic amines is 1. The van der Waals surface area contributed by atoms with E-state index in [0.29, 0.717) is 22.3 Å². The Balaban J connectivity index is 2.45. The number of benzene rings is 1. The fourth-order valence-electron chi connectivity index (χ4n) is 1.58. The maximum absolute atomic E-state index is 13.5. The quantitative estimate of drug-likeness (QED) is 0.659. The molecular formula is C13H12F2N4. The number of H-pyrrole nitrogens is 1. The monoisotopic (exact) mass is 262 g/mol. The van der Waals surface area contributed by atoms with E-state index in [2.05, 4.69) is 21.8 Å². The van der Waals surface area contributed by atoms with Gasteiger partial charge in [0.1, 0.15) is 17.0 Å². The van der Waals surface area contributed by atoms with Crippen LogP contribution >= 0.6 is 0 Å². The number of aromatic nitrogens is 2. The molecule has 0 radical (unpaired) electrons. The first-order valence-corrected chi connectivity index (χ1v) is 5.48. The summed E-state index contributed by atoms with van der Waals surface area (Å²) in [6.45, 7) is 4.89. The Labute approximate surface area is 108 Å². The fourth-order valence-corrected chi connectivity index (χ4v) is 1.58. The van der Waals surface area contributed by atoms with Crippen LogP contribution in [0.3, 0.4) is 0 Å². The number of rotatable bonds is 3. The zero-order valence-electron chi connectivity index (χ0n) is 10.2. The summed E-state index contributed by atoms with van der Waals surface area (Å²) in [7, 11) is 0. The highest BCUT2D eigenvalue weighted by molar-refractivity contribution is 6.07. The van der Waals surface area contributed by atoms with Gasteiger partial charge in [-0.15, -0.1) is 0 Å². The van der Waals surface area contributed by atoms with E-state index in [1.807, 2.05) is 0 Å². The second-order valence-electron chi connectivity index (χ2n) is 3.95. The van der Waals surface area contributed by atoms with Gasteiger partial charge in [0.2, 0.25) is 0 Å². The molecule has 0 unspecified atom stereocenters. The first kappa shape index (κ1) is 12.9. The molecule has 0 aliphatic rings. The average Bonchev–Trinajstić information content (AvgIpc) is 2.80. The van der Waals surface area contributed by atoms with Crippen molar-refractivity contribution in [2.45, 2.75) is 6.92 Å². The lowest BCUT2D eigenvalue weighted by Crippen LogP contribution is -1.97. The lowest BCUT2D eigenvalue weighted by Gasteiger charge is -1.96. The zero-order valence-corrected chi connectivity index (χ0v) is 10.2. The van der Waals surface area contributed by atoms with Crippen molar-refractivity contribution in [1.82, 2.24) is 10.2 Å². The van der Waals surface area contributed by atoms with Gasteiger partial charge < -0.3 is 5.73 Å². The molecule has 4 nitrogen and oxygen atoms in total. The number of hydrogen-bond acceptors (Lipinski definition) is 3. The predicted octanol–water partition coefficient (Wildman–Crippen LogP) is 2.79. The van der Waals surface area contributed by atoms with Gasteiger partial charge in [-0.2, -0.15) is 5.10 Å². The second-order valence-corrected chi connectivity index (χ2v) is 3.95. The highest BCUT2D eigenvalue weighted by Crippen LogP contribution is 2.19. The normalized spacial score (nSPS) is 13.0. The smallest absolute Gasteiger partial charge is 0.163 e. The maximum Gasteiger partial charge on any atom is 0.163 e. The minimum Gasteiger partial charge on any atom is -0.397 e. The van der Waals surface area contributed by atoms with Gasteiger partial charge in [0.25, 0.3) is 0 Å². The standard InChI is InChI=1S/C13H12F2N4/c1-7(16)11(15)6-17-8(2)12-9-4-3-5-10(14)13(9)19-18-12/h3-6H,1,16H2,2H3,(H,18,19)/b11-6+,17-8+. The molecule has 2 aromatic rings. The Morgan fingerprint density at radius 3 is 2.95 bits per heavy atom. The molecule has 0 aliphatic heterocycles. The molecule has 98 valence electrons. The third kappa shape index (κ3) is 2.52. The second kappa shape index (κ2) is 5.01. The molecule has 0 aliphatic carbocycles. The van der Waals surface area contributed by atoms with Crippen LogP contribution < -0.4 is 5.73 Å². The molecule has 0 atom stereocenters. The highest BCUT2D eigenvalue weighted by atomic mass is 19.1. The zero-order chi connectivity index (χ0) is 14.0. The summed E-state index contributed by atoms with van der Waals surface area (Å²) in [5, 5.41) is 7.15. The molecule has 0 spiro atoms. The summed E-state index contributed by atoms with van der Waals surface area (Å²) in [6.07, 6.45) is 0.956. The number of allylic oxidation sites excluding steroid dienone is 1. The van der Waals surface area contributed by atoms with Crippen LogP contribution in [-0.4, -0.2) is 15.9 Å². The van der Waals surface area contributed by atoms with E-state index in [0.717, 1.165) is 6.20 Å². The van der Waals surface area contributed by atoms with Crippen molar-refractivity contribution < 1.29 is 8.78 Å². The minimum atomic E-state index is -0.717. The average molecular weight is 262 g/mol. The number of nitrogens with two attached hydrogens (primary N) is 1. The number of para-hydroxylation sites is 1. The molecule has 3 N–H and O–H groups in total. The van der Waals surface area contributed by atoms with Gasteiger partial charge in [-0.1, -0.05) is 18.7 Å². The minimum absolute atomic E-state index is 0.200. The van der Waals surface area contributed by atoms with Crippen LogP contribution in [0.15, 0.2) is 47.5 Å². The van der Waals surface area contributed by atoms with Crippen LogP contribution in [0.4, 0.5) is 8.78 Å². The van der Waals surface area contributed by atoms with Crippen LogP contribution in [0.25, 0.3) is 10.9 Å². The van der Waals surface area contributed by atoms with E-state index >= 15 is 0 Å². The molecule has 1 aromatic heterocycles. The van der Waals surface area contributed by atoms with E-state index in [4.69, 9.17) is 5.73 Å². The molecule has 1 aromatic carbocycles. The molecule has 19 heavy (non-hydrogen) atoms. The Kier molecular flexibility index (Phi) is 3.41. The van der Waals surface area contributed by atoms with Crippen molar-refractivity contribution in [1.29, 1.82) is 0 Å². The van der Waals surface area contributed by atoms with Crippen molar-refractivity contribution in [3.8, 4) is 0 Å². The van der Waals surface area contributed by atoms with Crippen LogP contribution in [-0.2, 0) is 0 Å². The van der Waals surface area contributed by atoms with Gasteiger partial charge in [0.15, 0.2) is 5.83 Å². The van der Waals surface area contributed by atoms with Gasteiger partial charge in [-0.25, -0.2) is 8.78 Å². The van der Waals surface area contributed by atoms with E-state index in [1.165, 1.54) is 6.07 Å². The lowest BCUT2D eigenvalue weighted by atomic mass is 10.1. The van der Waals surface area contributed by atoms with Crippen molar-refractivity contribution in [3.63, 3.8) is 0 Å². The number of halogens is 2. The Morgan fingerprint density at radius 2 is 2.26 bits per heavy atom. The summed E-state index contributed by atoms with van der Waals surface area (Å²) in [5.41, 5.74) is 6.16. The lowest BCUT2D eigenvalue weighted by molar-refractivity contribution is 0.636. The maximum atomic E-state index is 13.5. The van der Waals surface area contributed by atoms with Crippen LogP contribution in [0.1, 0.15) is 12.6 Å². The first-order chi connectivity index (χ1) is 9.00. The Bertz CT molecular complexity index is 698. The first-order valence-electron chi connectivity index (χ1n) is 5.48. The van der Waals surface area contributed by atoms with Gasteiger partial charge in [0.05, 0.1) is 17.6 Å². The molecule has 0 amide bonds. The molecule has 0 fully saturated rings. The van der Waals surface area contributed by atoms with Crippen LogP contribution in [0, 0.1) is 5.82 Å². The van der Waals surface area contributed by atoms with Crippen molar-refractivity contribution in [2.75, 3.05) is 0 Å². The van der Waals surface area contributed by atoms with Gasteiger partial charge in [-0.3, -0.25) is 10.1 Å². The van der Waals surface area contributed by atoms with Crippen LogP contribution in [0.5, 0.6) is 0 Å². The number of nitrogens with zero attached hydrogens (tertiary/aromatic N) is 2. The Hall–Kier alpha value is -2.50. The number of hydrogen-bond donors (Lipinski definition) is 2. The van der Waals surface area contributed by atoms with Crippen molar-refractivity contribution in [2.24, 2.45) is 10.7 Å². The van der Waals surface area contributed by atoms with E-state index < -0.39 is 11.6 Å². The summed E-state index contributed by atoms with van der Waals surface area (Å²) in [6, 6.07) is 4.61. The number of aliphatic imine (C=N–C) groups is 1. The SMILES string of the molecule is C=C(N)/C(F)=C\N=C(/C)c1n[nH]c2c(F)cccc12. The summed E-state index contributed by atoms with van der Waals surface area (Å²) in [4.78, 5) is 3.90. The Morgan fingerprint density at radius 1 is 1.53 bits per heavy atom. The van der Waals surface area contributed by atoms with Crippen LogP contribution in [0.2, 0.25) is 0 Å². The summed E-state index contributed by atoms with van der Waals surface area (Å²) >= 11 is 0. The molecule has 0 saturated carbocycles. The predicted molar refractivity (Wildman–Crippen MR) is 70.8 cm³/mol. The third-order valence-electron chi connectivity index (χ3n) is 2.57. The van der Waals surface area contributed by atoms with E-state index in [9.17, 15) is 8.78 Å². The number of nitrogens with one attached hydrogen (secondary N) is 1. The van der Waals surface area contributed by atoms with Gasteiger partial charge >= 0.3 is 0 Å². The van der Waals surface area contributed by atoms with Gasteiger partial charge in [0, 0.05) is 5.39 Å². The highest BCUT2D eigenvalue weighted by Gasteiger charge is 2.10. The summed E-state index contributed by atoms with van der Waals surface area (Å²) < 4.78 is 26.6. The fraction of sp³-hybridized carbons (Fsp3) is 0.0769. The number of fused-ring (bicyclic) bond motifs is 1. The van der Waals surface area contributed by atoms with Gasteiger partial charge in [-0.05, 0) is 13.0 Å². The molecule has 6 heteroatoms. The molecular weight excluding hydrogens is 250 g/mol. The van der Waals surface area contributed by atoms with E-state index in [-0.39, 0.29) is 5.70 Å².